The summed E-state index contributed by atoms with van der Waals surface area (Å²) in [7, 11) is -1.30. The quantitative estimate of drug-likeness (QED) is 0.304. The SMILES string of the molecule is C[Si](C)(C)CCOC(=O)NC[C@@H](C=O)NC(=O)CCC(=O)OCc1ccccc1. The molecule has 2 amide bonds. The van der Waals surface area contributed by atoms with E-state index in [1.807, 2.05) is 30.3 Å². The maximum atomic E-state index is 11.9. The van der Waals surface area contributed by atoms with Crippen LogP contribution < -0.4 is 10.6 Å². The van der Waals surface area contributed by atoms with Crippen LogP contribution in [0.25, 0.3) is 0 Å². The predicted octanol–water partition coefficient (Wildman–Crippen LogP) is 2.26. The highest BCUT2D eigenvalue weighted by molar-refractivity contribution is 6.76. The highest BCUT2D eigenvalue weighted by Gasteiger charge is 2.16. The topological polar surface area (TPSA) is 111 Å². The molecule has 1 aromatic rings. The van der Waals surface area contributed by atoms with Crippen molar-refractivity contribution >= 4 is 32.3 Å². The Morgan fingerprint density at radius 1 is 1.07 bits per heavy atom. The summed E-state index contributed by atoms with van der Waals surface area (Å²) >= 11 is 0. The van der Waals surface area contributed by atoms with Crippen LogP contribution >= 0.6 is 0 Å². The Morgan fingerprint density at radius 3 is 2.38 bits per heavy atom. The van der Waals surface area contributed by atoms with Crippen molar-refractivity contribution in [2.45, 2.75) is 51.2 Å². The minimum absolute atomic E-state index is 0.0839. The molecule has 0 bridgehead atoms. The van der Waals surface area contributed by atoms with Crippen LogP contribution in [-0.4, -0.2) is 51.5 Å². The first kappa shape index (κ1) is 24.4. The molecule has 0 saturated heterocycles. The minimum Gasteiger partial charge on any atom is -0.461 e. The number of carbonyl (C=O) groups excluding carboxylic acids is 4. The second-order valence-corrected chi connectivity index (χ2v) is 13.4. The van der Waals surface area contributed by atoms with Gasteiger partial charge < -0.3 is 24.9 Å². The predicted molar refractivity (Wildman–Crippen MR) is 111 cm³/mol. The van der Waals surface area contributed by atoms with E-state index in [0.717, 1.165) is 11.6 Å². The molecule has 0 unspecified atom stereocenters. The molecule has 0 fully saturated rings. The molecule has 9 heteroatoms. The van der Waals surface area contributed by atoms with Crippen molar-refractivity contribution in [3.63, 3.8) is 0 Å². The molecule has 0 aromatic heterocycles. The molecule has 0 saturated carbocycles. The summed E-state index contributed by atoms with van der Waals surface area (Å²) in [5.74, 6) is -0.983. The van der Waals surface area contributed by atoms with Gasteiger partial charge in [-0.05, 0) is 11.6 Å². The van der Waals surface area contributed by atoms with Gasteiger partial charge in [-0.1, -0.05) is 50.0 Å². The molecular weight excluding hydrogens is 392 g/mol. The summed E-state index contributed by atoms with van der Waals surface area (Å²) in [6, 6.07) is 9.15. The lowest BCUT2D eigenvalue weighted by Crippen LogP contribution is -2.45. The van der Waals surface area contributed by atoms with Gasteiger partial charge >= 0.3 is 12.1 Å². The molecule has 0 spiro atoms. The first-order chi connectivity index (χ1) is 13.7. The second-order valence-electron chi connectivity index (χ2n) is 7.78. The Hall–Kier alpha value is -2.68. The average Bonchev–Trinajstić information content (AvgIpc) is 2.67. The molecule has 1 atom stereocenters. The van der Waals surface area contributed by atoms with Crippen LogP contribution in [0.3, 0.4) is 0 Å². The zero-order chi connectivity index (χ0) is 21.7. The van der Waals surface area contributed by atoms with Gasteiger partial charge in [0, 0.05) is 21.0 Å². The zero-order valence-electron chi connectivity index (χ0n) is 17.2. The molecule has 0 aliphatic heterocycles. The van der Waals surface area contributed by atoms with Gasteiger partial charge in [0.05, 0.1) is 13.0 Å². The molecule has 1 aromatic carbocycles. The normalized spacial score (nSPS) is 11.8. The van der Waals surface area contributed by atoms with Crippen molar-refractivity contribution in [3.8, 4) is 0 Å². The van der Waals surface area contributed by atoms with Crippen LogP contribution in [0.4, 0.5) is 4.79 Å². The lowest BCUT2D eigenvalue weighted by Gasteiger charge is -2.16. The molecule has 2 N–H and O–H groups in total. The van der Waals surface area contributed by atoms with Crippen LogP contribution in [0.2, 0.25) is 25.7 Å². The Morgan fingerprint density at radius 2 is 1.76 bits per heavy atom. The summed E-state index contributed by atoms with van der Waals surface area (Å²) in [6.07, 6.45) is -0.322. The third kappa shape index (κ3) is 12.4. The number of carbonyl (C=O) groups is 4. The standard InChI is InChI=1S/C20H30N2O6Si/c1-29(2,3)12-11-27-20(26)21-13-17(14-23)22-18(24)9-10-19(25)28-15-16-7-5-4-6-8-16/h4-8,14,17H,9-13,15H2,1-3H3,(H,21,26)(H,22,24)/t17-/m0/s1. The van der Waals surface area contributed by atoms with Crippen LogP contribution in [0.5, 0.6) is 0 Å². The number of esters is 1. The number of hydrogen-bond acceptors (Lipinski definition) is 6. The molecule has 1 rings (SSSR count). The van der Waals surface area contributed by atoms with E-state index < -0.39 is 32.1 Å². The van der Waals surface area contributed by atoms with E-state index in [0.29, 0.717) is 12.9 Å². The minimum atomic E-state index is -1.30. The van der Waals surface area contributed by atoms with Crippen molar-refractivity contribution < 1.29 is 28.7 Å². The van der Waals surface area contributed by atoms with Crippen LogP contribution in [0.1, 0.15) is 18.4 Å². The van der Waals surface area contributed by atoms with Crippen LogP contribution in [0, 0.1) is 0 Å². The zero-order valence-corrected chi connectivity index (χ0v) is 18.2. The number of rotatable bonds is 12. The van der Waals surface area contributed by atoms with Crippen molar-refractivity contribution in [1.29, 1.82) is 0 Å². The van der Waals surface area contributed by atoms with E-state index in [1.165, 1.54) is 0 Å². The van der Waals surface area contributed by atoms with E-state index in [2.05, 4.69) is 30.3 Å². The van der Waals surface area contributed by atoms with Gasteiger partial charge in [-0.2, -0.15) is 0 Å². The lowest BCUT2D eigenvalue weighted by atomic mass is 10.2. The maximum Gasteiger partial charge on any atom is 0.407 e. The molecule has 0 radical (unpaired) electrons. The lowest BCUT2D eigenvalue weighted by molar-refractivity contribution is -0.146. The van der Waals surface area contributed by atoms with Crippen molar-refractivity contribution in [3.05, 3.63) is 35.9 Å². The monoisotopic (exact) mass is 422 g/mol. The van der Waals surface area contributed by atoms with Gasteiger partial charge in [0.25, 0.3) is 0 Å². The number of hydrogen-bond donors (Lipinski definition) is 2. The van der Waals surface area contributed by atoms with Crippen LogP contribution in [-0.2, 0) is 30.5 Å². The van der Waals surface area contributed by atoms with Gasteiger partial charge in [-0.15, -0.1) is 0 Å². The Balaban J connectivity index is 2.22. The first-order valence-electron chi connectivity index (χ1n) is 9.54. The molecule has 29 heavy (non-hydrogen) atoms. The Bertz CT molecular complexity index is 675. The Kier molecular flexibility index (Phi) is 10.7. The third-order valence-electron chi connectivity index (χ3n) is 3.86. The first-order valence-corrected chi connectivity index (χ1v) is 13.2. The van der Waals surface area contributed by atoms with Gasteiger partial charge in [0.2, 0.25) is 5.91 Å². The Labute approximate surface area is 172 Å². The molecule has 160 valence electrons. The van der Waals surface area contributed by atoms with E-state index in [-0.39, 0.29) is 26.0 Å². The number of amides is 2. The summed E-state index contributed by atoms with van der Waals surface area (Å²) in [5.41, 5.74) is 0.856. The summed E-state index contributed by atoms with van der Waals surface area (Å²) in [4.78, 5) is 46.4. The smallest absolute Gasteiger partial charge is 0.407 e. The van der Waals surface area contributed by atoms with Gasteiger partial charge in [-0.3, -0.25) is 9.59 Å². The summed E-state index contributed by atoms with van der Waals surface area (Å²) in [6.45, 7) is 6.89. The highest BCUT2D eigenvalue weighted by Crippen LogP contribution is 2.07. The molecule has 0 aliphatic rings. The van der Waals surface area contributed by atoms with Gasteiger partial charge in [0.1, 0.15) is 18.9 Å². The highest BCUT2D eigenvalue weighted by atomic mass is 28.3. The number of nitrogens with one attached hydrogen (secondary N) is 2. The third-order valence-corrected chi connectivity index (χ3v) is 5.57. The number of aldehydes is 1. The number of alkyl carbamates (subject to hydrolysis) is 1. The largest absolute Gasteiger partial charge is 0.461 e. The fourth-order valence-corrected chi connectivity index (χ4v) is 2.85. The van der Waals surface area contributed by atoms with E-state index in [4.69, 9.17) is 9.47 Å². The number of ether oxygens (including phenoxy) is 2. The van der Waals surface area contributed by atoms with E-state index in [1.54, 1.807) is 0 Å². The summed E-state index contributed by atoms with van der Waals surface area (Å²) < 4.78 is 10.1. The second kappa shape index (κ2) is 12.7. The van der Waals surface area contributed by atoms with Crippen molar-refractivity contribution in [2.24, 2.45) is 0 Å². The molecule has 0 aliphatic carbocycles. The number of benzene rings is 1. The van der Waals surface area contributed by atoms with Gasteiger partial charge in [0.15, 0.2) is 0 Å². The fraction of sp³-hybridized carbons (Fsp3) is 0.500. The van der Waals surface area contributed by atoms with E-state index >= 15 is 0 Å². The van der Waals surface area contributed by atoms with Crippen LogP contribution in [0.15, 0.2) is 30.3 Å². The van der Waals surface area contributed by atoms with Gasteiger partial charge in [-0.25, -0.2) is 4.79 Å². The molecular formula is C20H30N2O6Si. The average molecular weight is 423 g/mol. The van der Waals surface area contributed by atoms with Crippen molar-refractivity contribution in [1.82, 2.24) is 10.6 Å². The fourth-order valence-electron chi connectivity index (χ4n) is 2.13. The molecule has 0 heterocycles. The maximum absolute atomic E-state index is 11.9. The summed E-state index contributed by atoms with van der Waals surface area (Å²) in [5, 5.41) is 4.90. The van der Waals surface area contributed by atoms with Crippen molar-refractivity contribution in [2.75, 3.05) is 13.2 Å². The van der Waals surface area contributed by atoms with E-state index in [9.17, 15) is 19.2 Å². The molecule has 8 nitrogen and oxygen atoms in total.